The first-order valence-electron chi connectivity index (χ1n) is 9.58. The van der Waals surface area contributed by atoms with Gasteiger partial charge in [0.2, 0.25) is 0 Å². The van der Waals surface area contributed by atoms with Crippen LogP contribution in [0.4, 0.5) is 5.69 Å². The van der Waals surface area contributed by atoms with Crippen LogP contribution in [-0.2, 0) is 0 Å². The predicted octanol–water partition coefficient (Wildman–Crippen LogP) is 5.27. The first-order valence-corrected chi connectivity index (χ1v) is 9.58. The van der Waals surface area contributed by atoms with Gasteiger partial charge in [-0.2, -0.15) is 0 Å². The van der Waals surface area contributed by atoms with Crippen LogP contribution in [0, 0.1) is 16.7 Å². The number of anilines is 1. The Bertz CT molecular complexity index is 890. The molecule has 0 radical (unpaired) electrons. The van der Waals surface area contributed by atoms with Gasteiger partial charge in [0.1, 0.15) is 5.75 Å². The Morgan fingerprint density at radius 3 is 2.35 bits per heavy atom. The number of ether oxygens (including phenoxy) is 1. The highest BCUT2D eigenvalue weighted by Gasteiger charge is 2.74. The van der Waals surface area contributed by atoms with Crippen LogP contribution in [0.15, 0.2) is 54.6 Å². The number of carbonyl (C=O) groups excluding carboxylic acids is 1. The van der Waals surface area contributed by atoms with Gasteiger partial charge in [-0.3, -0.25) is 9.69 Å². The van der Waals surface area contributed by atoms with Crippen molar-refractivity contribution in [2.75, 3.05) is 4.90 Å². The molecular formula is C23H25NO2. The Morgan fingerprint density at radius 2 is 1.69 bits per heavy atom. The normalized spacial score (nSPS) is 34.0. The summed E-state index contributed by atoms with van der Waals surface area (Å²) in [7, 11) is 0. The smallest absolute Gasteiger partial charge is 0.265 e. The fourth-order valence-corrected chi connectivity index (χ4v) is 5.85. The molecule has 2 saturated carbocycles. The molecule has 0 saturated heterocycles. The van der Waals surface area contributed by atoms with Crippen molar-refractivity contribution in [2.45, 2.75) is 45.8 Å². The van der Waals surface area contributed by atoms with Crippen molar-refractivity contribution in [3.63, 3.8) is 0 Å². The largest absolute Gasteiger partial charge is 0.466 e. The lowest BCUT2D eigenvalue weighted by Crippen LogP contribution is -2.67. The molecule has 3 heteroatoms. The van der Waals surface area contributed by atoms with Crippen LogP contribution in [0.1, 0.15) is 50.4 Å². The van der Waals surface area contributed by atoms with Gasteiger partial charge in [0.25, 0.3) is 5.91 Å². The Hall–Kier alpha value is -2.29. The number of benzene rings is 2. The van der Waals surface area contributed by atoms with E-state index in [1.54, 1.807) is 0 Å². The van der Waals surface area contributed by atoms with Crippen molar-refractivity contribution in [1.29, 1.82) is 0 Å². The van der Waals surface area contributed by atoms with Crippen LogP contribution in [0.5, 0.6) is 5.75 Å². The standard InChI is InChI=1S/C23H25NO2/c1-21(2)16-13-14-22(21,3)23(15-16)24(17-9-5-4-6-10-17)20(25)18-11-7-8-12-19(18)26-23/h4-12,16H,13-15H2,1-3H3/t16-,22-,23+/m0/s1. The summed E-state index contributed by atoms with van der Waals surface area (Å²) in [4.78, 5) is 15.6. The van der Waals surface area contributed by atoms with Gasteiger partial charge >= 0.3 is 0 Å². The average molecular weight is 347 g/mol. The summed E-state index contributed by atoms with van der Waals surface area (Å²) >= 11 is 0. The topological polar surface area (TPSA) is 29.5 Å². The summed E-state index contributed by atoms with van der Waals surface area (Å²) in [5, 5.41) is 0. The highest BCUT2D eigenvalue weighted by Crippen LogP contribution is 2.72. The second kappa shape index (κ2) is 4.91. The maximum atomic E-state index is 13.7. The van der Waals surface area contributed by atoms with E-state index in [0.29, 0.717) is 11.5 Å². The van der Waals surface area contributed by atoms with E-state index in [-0.39, 0.29) is 16.7 Å². The van der Waals surface area contributed by atoms with E-state index in [4.69, 9.17) is 4.74 Å². The molecule has 0 unspecified atom stereocenters. The van der Waals surface area contributed by atoms with Crippen molar-refractivity contribution in [2.24, 2.45) is 16.7 Å². The summed E-state index contributed by atoms with van der Waals surface area (Å²) in [5.41, 5.74) is 1.01. The highest BCUT2D eigenvalue weighted by atomic mass is 16.5. The van der Waals surface area contributed by atoms with Gasteiger partial charge in [0, 0.05) is 17.5 Å². The molecule has 1 aliphatic heterocycles. The van der Waals surface area contributed by atoms with Crippen LogP contribution in [0.3, 0.4) is 0 Å². The third-order valence-electron chi connectivity index (χ3n) is 7.80. The van der Waals surface area contributed by atoms with Crippen molar-refractivity contribution in [3.05, 3.63) is 60.2 Å². The molecule has 134 valence electrons. The third kappa shape index (κ3) is 1.67. The van der Waals surface area contributed by atoms with Gasteiger partial charge in [0.15, 0.2) is 5.72 Å². The summed E-state index contributed by atoms with van der Waals surface area (Å²) in [5.74, 6) is 1.36. The zero-order valence-electron chi connectivity index (χ0n) is 15.7. The molecular weight excluding hydrogens is 322 g/mol. The van der Waals surface area contributed by atoms with Crippen LogP contribution in [0.25, 0.3) is 0 Å². The van der Waals surface area contributed by atoms with Gasteiger partial charge in [0.05, 0.1) is 5.56 Å². The number of para-hydroxylation sites is 2. The van der Waals surface area contributed by atoms with E-state index in [9.17, 15) is 4.79 Å². The van der Waals surface area contributed by atoms with Gasteiger partial charge < -0.3 is 4.74 Å². The maximum absolute atomic E-state index is 13.7. The molecule has 3 atom stereocenters. The number of nitrogens with zero attached hydrogens (tertiary/aromatic N) is 1. The molecule has 1 spiro atoms. The average Bonchev–Trinajstić information content (AvgIpc) is 2.95. The Kier molecular flexibility index (Phi) is 3.00. The Balaban J connectivity index is 1.77. The first kappa shape index (κ1) is 15.9. The number of fused-ring (bicyclic) bond motifs is 4. The molecule has 2 bridgehead atoms. The zero-order valence-corrected chi connectivity index (χ0v) is 15.7. The van der Waals surface area contributed by atoms with E-state index < -0.39 is 5.72 Å². The Labute approximate surface area is 155 Å². The summed E-state index contributed by atoms with van der Waals surface area (Å²) in [6.07, 6.45) is 3.20. The van der Waals surface area contributed by atoms with E-state index in [0.717, 1.165) is 24.3 Å². The number of hydrogen-bond donors (Lipinski definition) is 0. The van der Waals surface area contributed by atoms with Crippen molar-refractivity contribution < 1.29 is 9.53 Å². The molecule has 2 fully saturated rings. The molecule has 3 aliphatic rings. The minimum atomic E-state index is -0.619. The maximum Gasteiger partial charge on any atom is 0.265 e. The third-order valence-corrected chi connectivity index (χ3v) is 7.80. The summed E-state index contributed by atoms with van der Waals surface area (Å²) in [6.45, 7) is 7.05. The molecule has 2 aliphatic carbocycles. The van der Waals surface area contributed by atoms with Crippen LogP contribution in [0.2, 0.25) is 0 Å². The van der Waals surface area contributed by atoms with Crippen molar-refractivity contribution in [3.8, 4) is 5.75 Å². The molecule has 5 rings (SSSR count). The molecule has 1 heterocycles. The molecule has 3 nitrogen and oxygen atoms in total. The molecule has 26 heavy (non-hydrogen) atoms. The second-order valence-corrected chi connectivity index (χ2v) is 8.85. The lowest BCUT2D eigenvalue weighted by Gasteiger charge is -2.55. The van der Waals surface area contributed by atoms with Crippen LogP contribution in [-0.4, -0.2) is 11.6 Å². The number of carbonyl (C=O) groups is 1. The second-order valence-electron chi connectivity index (χ2n) is 8.85. The zero-order chi connectivity index (χ0) is 18.2. The lowest BCUT2D eigenvalue weighted by atomic mass is 9.66. The molecule has 2 aromatic carbocycles. The number of amides is 1. The van der Waals surface area contributed by atoms with Crippen LogP contribution >= 0.6 is 0 Å². The van der Waals surface area contributed by atoms with Crippen molar-refractivity contribution >= 4 is 11.6 Å². The minimum Gasteiger partial charge on any atom is -0.466 e. The minimum absolute atomic E-state index is 0.0580. The Morgan fingerprint density at radius 1 is 1.00 bits per heavy atom. The van der Waals surface area contributed by atoms with E-state index in [1.807, 2.05) is 59.5 Å². The first-order chi connectivity index (χ1) is 12.4. The fourth-order valence-electron chi connectivity index (χ4n) is 5.85. The van der Waals surface area contributed by atoms with Gasteiger partial charge in [-0.1, -0.05) is 51.1 Å². The van der Waals surface area contributed by atoms with Crippen molar-refractivity contribution in [1.82, 2.24) is 0 Å². The van der Waals surface area contributed by atoms with E-state index in [1.165, 1.54) is 6.42 Å². The molecule has 1 amide bonds. The quantitative estimate of drug-likeness (QED) is 0.703. The van der Waals surface area contributed by atoms with E-state index >= 15 is 0 Å². The summed E-state index contributed by atoms with van der Waals surface area (Å²) in [6, 6.07) is 17.7. The monoisotopic (exact) mass is 347 g/mol. The number of hydrogen-bond acceptors (Lipinski definition) is 2. The van der Waals surface area contributed by atoms with Gasteiger partial charge in [-0.25, -0.2) is 0 Å². The number of rotatable bonds is 1. The highest BCUT2D eigenvalue weighted by molar-refractivity contribution is 6.10. The van der Waals surface area contributed by atoms with Gasteiger partial charge in [-0.05, 0) is 48.4 Å². The van der Waals surface area contributed by atoms with Crippen LogP contribution < -0.4 is 9.64 Å². The molecule has 0 N–H and O–H groups in total. The fraction of sp³-hybridized carbons (Fsp3) is 0.435. The molecule has 0 aromatic heterocycles. The summed E-state index contributed by atoms with van der Waals surface area (Å²) < 4.78 is 6.80. The molecule has 2 aromatic rings. The predicted molar refractivity (Wildman–Crippen MR) is 102 cm³/mol. The lowest BCUT2D eigenvalue weighted by molar-refractivity contribution is -0.0705. The van der Waals surface area contributed by atoms with Gasteiger partial charge in [-0.15, -0.1) is 0 Å². The SMILES string of the molecule is CC1(C)[C@H]2CC[C@]1(C)[C@@]1(C2)Oc2ccccc2C(=O)N1c1ccccc1. The van der Waals surface area contributed by atoms with E-state index in [2.05, 4.69) is 20.8 Å².